The SMILES string of the molecule is CO[C@H]1C(=O)N(C2CCN(C(=O)c3ccccn3)CC2)[C@H]1c1ccncc1. The maximum Gasteiger partial charge on any atom is 0.272 e. The van der Waals surface area contributed by atoms with E-state index in [2.05, 4.69) is 9.97 Å². The molecule has 7 heteroatoms. The molecule has 2 saturated heterocycles. The molecule has 2 aromatic rings. The summed E-state index contributed by atoms with van der Waals surface area (Å²) < 4.78 is 5.42. The Balaban J connectivity index is 1.44. The Bertz CT molecular complexity index is 806. The number of carbonyl (C=O) groups excluding carboxylic acids is 2. The van der Waals surface area contributed by atoms with Gasteiger partial charge < -0.3 is 14.5 Å². The number of piperidine rings is 1. The number of amides is 2. The van der Waals surface area contributed by atoms with Crippen LogP contribution in [0.3, 0.4) is 0 Å². The fourth-order valence-corrected chi connectivity index (χ4v) is 4.01. The average molecular weight is 366 g/mol. The number of likely N-dealkylation sites (tertiary alicyclic amines) is 2. The van der Waals surface area contributed by atoms with E-state index in [1.165, 1.54) is 0 Å². The number of methoxy groups -OCH3 is 1. The molecule has 0 bridgehead atoms. The van der Waals surface area contributed by atoms with Crippen molar-refractivity contribution in [1.29, 1.82) is 0 Å². The van der Waals surface area contributed by atoms with Gasteiger partial charge in [-0.05, 0) is 42.7 Å². The molecule has 0 aromatic carbocycles. The van der Waals surface area contributed by atoms with Gasteiger partial charge in [-0.1, -0.05) is 6.07 Å². The minimum atomic E-state index is -0.444. The van der Waals surface area contributed by atoms with Crippen LogP contribution in [-0.4, -0.2) is 63.9 Å². The number of ether oxygens (including phenoxy) is 1. The Morgan fingerprint density at radius 2 is 1.85 bits per heavy atom. The summed E-state index contributed by atoms with van der Waals surface area (Å²) in [4.78, 5) is 37.1. The first-order valence-electron chi connectivity index (χ1n) is 9.16. The van der Waals surface area contributed by atoms with Crippen molar-refractivity contribution in [2.24, 2.45) is 0 Å². The number of nitrogens with zero attached hydrogens (tertiary/aromatic N) is 4. The summed E-state index contributed by atoms with van der Waals surface area (Å²) >= 11 is 0. The van der Waals surface area contributed by atoms with Crippen molar-refractivity contribution in [3.63, 3.8) is 0 Å². The van der Waals surface area contributed by atoms with Crippen molar-refractivity contribution >= 4 is 11.8 Å². The summed E-state index contributed by atoms with van der Waals surface area (Å²) in [6, 6.07) is 9.21. The van der Waals surface area contributed by atoms with Crippen LogP contribution in [0.5, 0.6) is 0 Å². The van der Waals surface area contributed by atoms with Crippen molar-refractivity contribution < 1.29 is 14.3 Å². The highest BCUT2D eigenvalue weighted by molar-refractivity contribution is 5.92. The first-order valence-corrected chi connectivity index (χ1v) is 9.16. The molecule has 140 valence electrons. The monoisotopic (exact) mass is 366 g/mol. The van der Waals surface area contributed by atoms with Crippen LogP contribution in [0.1, 0.15) is 34.9 Å². The zero-order chi connectivity index (χ0) is 18.8. The van der Waals surface area contributed by atoms with Crippen LogP contribution in [0.25, 0.3) is 0 Å². The largest absolute Gasteiger partial charge is 0.369 e. The second-order valence-corrected chi connectivity index (χ2v) is 6.87. The van der Waals surface area contributed by atoms with Gasteiger partial charge in [0.05, 0.1) is 6.04 Å². The summed E-state index contributed by atoms with van der Waals surface area (Å²) in [5.74, 6) is -0.0294. The van der Waals surface area contributed by atoms with Crippen LogP contribution in [0.4, 0.5) is 0 Å². The number of β-lactam (4-membered cyclic amide) rings is 1. The molecule has 27 heavy (non-hydrogen) atoms. The second-order valence-electron chi connectivity index (χ2n) is 6.87. The third-order valence-corrected chi connectivity index (χ3v) is 5.41. The molecular weight excluding hydrogens is 344 g/mol. The van der Waals surface area contributed by atoms with E-state index in [1.807, 2.05) is 28.0 Å². The summed E-state index contributed by atoms with van der Waals surface area (Å²) in [5, 5.41) is 0. The smallest absolute Gasteiger partial charge is 0.272 e. The van der Waals surface area contributed by atoms with E-state index in [1.54, 1.807) is 37.8 Å². The highest BCUT2D eigenvalue weighted by Crippen LogP contribution is 2.40. The van der Waals surface area contributed by atoms with E-state index in [9.17, 15) is 9.59 Å². The molecular formula is C20H22N4O3. The Labute approximate surface area is 158 Å². The Morgan fingerprint density at radius 3 is 2.48 bits per heavy atom. The topological polar surface area (TPSA) is 75.6 Å². The van der Waals surface area contributed by atoms with Gasteiger partial charge in [0.2, 0.25) is 0 Å². The summed E-state index contributed by atoms with van der Waals surface area (Å²) in [6.07, 6.45) is 6.16. The molecule has 2 amide bonds. The number of carbonyl (C=O) groups is 2. The van der Waals surface area contributed by atoms with Gasteiger partial charge in [-0.25, -0.2) is 0 Å². The van der Waals surface area contributed by atoms with E-state index in [-0.39, 0.29) is 23.9 Å². The molecule has 0 aliphatic carbocycles. The summed E-state index contributed by atoms with van der Waals surface area (Å²) in [5.41, 5.74) is 1.49. The van der Waals surface area contributed by atoms with Crippen molar-refractivity contribution in [3.8, 4) is 0 Å². The van der Waals surface area contributed by atoms with Crippen LogP contribution in [0.15, 0.2) is 48.9 Å². The highest BCUT2D eigenvalue weighted by Gasteiger charge is 2.51. The van der Waals surface area contributed by atoms with Crippen molar-refractivity contribution in [3.05, 3.63) is 60.2 Å². The third kappa shape index (κ3) is 3.19. The van der Waals surface area contributed by atoms with Gasteiger partial charge in [-0.2, -0.15) is 0 Å². The number of hydrogen-bond acceptors (Lipinski definition) is 5. The minimum absolute atomic E-state index is 0.0221. The van der Waals surface area contributed by atoms with Crippen molar-refractivity contribution in [2.45, 2.75) is 31.0 Å². The Kier molecular flexibility index (Phi) is 4.85. The van der Waals surface area contributed by atoms with E-state index < -0.39 is 6.10 Å². The maximum atomic E-state index is 12.6. The van der Waals surface area contributed by atoms with Crippen LogP contribution in [-0.2, 0) is 9.53 Å². The normalized spacial score (nSPS) is 23.2. The Hall–Kier alpha value is -2.80. The van der Waals surface area contributed by atoms with Crippen LogP contribution < -0.4 is 0 Å². The third-order valence-electron chi connectivity index (χ3n) is 5.41. The quantitative estimate of drug-likeness (QED) is 0.770. The van der Waals surface area contributed by atoms with Crippen molar-refractivity contribution in [1.82, 2.24) is 19.8 Å². The lowest BCUT2D eigenvalue weighted by Gasteiger charge is -2.52. The van der Waals surface area contributed by atoms with Gasteiger partial charge in [0.25, 0.3) is 11.8 Å². The lowest BCUT2D eigenvalue weighted by atomic mass is 9.86. The number of rotatable bonds is 4. The molecule has 4 heterocycles. The molecule has 0 radical (unpaired) electrons. The lowest BCUT2D eigenvalue weighted by Crippen LogP contribution is -2.64. The van der Waals surface area contributed by atoms with E-state index in [0.717, 1.165) is 18.4 Å². The van der Waals surface area contributed by atoms with Gasteiger partial charge in [0, 0.05) is 44.8 Å². The van der Waals surface area contributed by atoms with Crippen molar-refractivity contribution in [2.75, 3.05) is 20.2 Å². The van der Waals surface area contributed by atoms with Gasteiger partial charge in [0.15, 0.2) is 6.10 Å². The first-order chi connectivity index (χ1) is 13.2. The summed E-state index contributed by atoms with van der Waals surface area (Å²) in [7, 11) is 1.57. The zero-order valence-electron chi connectivity index (χ0n) is 15.2. The van der Waals surface area contributed by atoms with E-state index in [4.69, 9.17) is 4.74 Å². The van der Waals surface area contributed by atoms with Gasteiger partial charge in [0.1, 0.15) is 5.69 Å². The molecule has 2 atom stereocenters. The zero-order valence-corrected chi connectivity index (χ0v) is 15.2. The average Bonchev–Trinajstić information content (AvgIpc) is 2.73. The van der Waals surface area contributed by atoms with E-state index in [0.29, 0.717) is 18.8 Å². The molecule has 7 nitrogen and oxygen atoms in total. The molecule has 0 N–H and O–H groups in total. The standard InChI is InChI=1S/C20H22N4O3/c1-27-18-17(14-5-10-21-11-6-14)24(20(18)26)15-7-12-23(13-8-15)19(25)16-4-2-3-9-22-16/h2-6,9-11,15,17-18H,7-8,12-13H2,1H3/t17-,18+/m0/s1. The van der Waals surface area contributed by atoms with E-state index >= 15 is 0 Å². The minimum Gasteiger partial charge on any atom is -0.369 e. The first kappa shape index (κ1) is 17.6. The van der Waals surface area contributed by atoms with Gasteiger partial charge >= 0.3 is 0 Å². The molecule has 2 aliphatic heterocycles. The molecule has 0 unspecified atom stereocenters. The highest BCUT2D eigenvalue weighted by atomic mass is 16.5. The van der Waals surface area contributed by atoms with Crippen LogP contribution in [0.2, 0.25) is 0 Å². The number of aromatic nitrogens is 2. The Morgan fingerprint density at radius 1 is 1.11 bits per heavy atom. The second kappa shape index (κ2) is 7.44. The van der Waals surface area contributed by atoms with Gasteiger partial charge in [-0.3, -0.25) is 19.6 Å². The predicted octanol–water partition coefficient (Wildman–Crippen LogP) is 1.68. The van der Waals surface area contributed by atoms with Gasteiger partial charge in [-0.15, -0.1) is 0 Å². The van der Waals surface area contributed by atoms with Crippen LogP contribution in [0, 0.1) is 0 Å². The fraction of sp³-hybridized carbons (Fsp3) is 0.400. The molecule has 2 aromatic heterocycles. The summed E-state index contributed by atoms with van der Waals surface area (Å²) in [6.45, 7) is 1.23. The molecule has 0 spiro atoms. The lowest BCUT2D eigenvalue weighted by molar-refractivity contribution is -0.178. The maximum absolute atomic E-state index is 12.6. The fourth-order valence-electron chi connectivity index (χ4n) is 4.01. The molecule has 2 fully saturated rings. The number of pyridine rings is 2. The molecule has 0 saturated carbocycles. The molecule has 2 aliphatic rings. The number of hydrogen-bond donors (Lipinski definition) is 0. The van der Waals surface area contributed by atoms with Crippen LogP contribution >= 0.6 is 0 Å². The predicted molar refractivity (Wildman–Crippen MR) is 97.8 cm³/mol. The molecule has 4 rings (SSSR count).